The Balaban J connectivity index is 1.22. The van der Waals surface area contributed by atoms with Crippen molar-refractivity contribution < 1.29 is 14.7 Å². The molecule has 0 radical (unpaired) electrons. The minimum absolute atomic E-state index is 0.0714. The lowest BCUT2D eigenvalue weighted by Crippen LogP contribution is -2.63. The zero-order valence-electron chi connectivity index (χ0n) is 23.5. The lowest BCUT2D eigenvalue weighted by molar-refractivity contribution is -0.154. The van der Waals surface area contributed by atoms with E-state index >= 15 is 0 Å². The SMILES string of the molecule is CC(C)c1ccccc1C1CN(C2CCC(c3ccccc3)C2)CC(=O)N1C1CC2(CCN(C(=O)O)CC2)C1. The summed E-state index contributed by atoms with van der Waals surface area (Å²) in [6.45, 7) is 7.16. The molecule has 2 saturated carbocycles. The van der Waals surface area contributed by atoms with Gasteiger partial charge in [-0.05, 0) is 78.9 Å². The predicted molar refractivity (Wildman–Crippen MR) is 153 cm³/mol. The quantitative estimate of drug-likeness (QED) is 0.497. The van der Waals surface area contributed by atoms with E-state index in [-0.39, 0.29) is 23.4 Å². The maximum atomic E-state index is 14.0. The number of hydrogen-bond acceptors (Lipinski definition) is 3. The number of piperidine rings is 1. The first-order valence-electron chi connectivity index (χ1n) is 15.0. The van der Waals surface area contributed by atoms with Gasteiger partial charge in [-0.2, -0.15) is 0 Å². The lowest BCUT2D eigenvalue weighted by Gasteiger charge is -2.58. The van der Waals surface area contributed by atoms with E-state index in [1.807, 2.05) is 0 Å². The number of carboxylic acid groups (broad SMARTS) is 1. The van der Waals surface area contributed by atoms with E-state index in [2.05, 4.69) is 78.2 Å². The van der Waals surface area contributed by atoms with E-state index in [1.54, 1.807) is 4.90 Å². The second-order valence-corrected chi connectivity index (χ2v) is 12.9. The molecule has 2 saturated heterocycles. The van der Waals surface area contributed by atoms with E-state index in [4.69, 9.17) is 0 Å². The number of nitrogens with zero attached hydrogens (tertiary/aromatic N) is 3. The van der Waals surface area contributed by atoms with Gasteiger partial charge in [0.15, 0.2) is 0 Å². The molecule has 6 heteroatoms. The lowest BCUT2D eigenvalue weighted by atomic mass is 9.59. The van der Waals surface area contributed by atoms with E-state index in [9.17, 15) is 14.7 Å². The van der Waals surface area contributed by atoms with Gasteiger partial charge >= 0.3 is 6.09 Å². The number of rotatable bonds is 5. The average molecular weight is 530 g/mol. The number of piperazine rings is 1. The summed E-state index contributed by atoms with van der Waals surface area (Å²) in [5, 5.41) is 9.39. The molecule has 4 aliphatic rings. The number of hydrogen-bond donors (Lipinski definition) is 1. The zero-order valence-corrected chi connectivity index (χ0v) is 23.5. The molecule has 2 aromatic carbocycles. The van der Waals surface area contributed by atoms with Crippen molar-refractivity contribution in [3.8, 4) is 0 Å². The number of amides is 2. The molecule has 1 spiro atoms. The van der Waals surface area contributed by atoms with Crippen molar-refractivity contribution in [3.63, 3.8) is 0 Å². The monoisotopic (exact) mass is 529 g/mol. The van der Waals surface area contributed by atoms with Gasteiger partial charge in [-0.15, -0.1) is 0 Å². The molecule has 3 unspecified atom stereocenters. The highest BCUT2D eigenvalue weighted by Crippen LogP contribution is 2.53. The molecule has 2 aromatic rings. The van der Waals surface area contributed by atoms with Gasteiger partial charge in [0, 0.05) is 31.7 Å². The first kappa shape index (κ1) is 26.4. The third-order valence-corrected chi connectivity index (χ3v) is 10.4. The highest BCUT2D eigenvalue weighted by Gasteiger charge is 2.52. The number of carbonyl (C=O) groups excluding carboxylic acids is 1. The van der Waals surface area contributed by atoms with Gasteiger partial charge in [-0.3, -0.25) is 9.69 Å². The predicted octanol–water partition coefficient (Wildman–Crippen LogP) is 6.25. The molecule has 0 aromatic heterocycles. The van der Waals surface area contributed by atoms with Crippen LogP contribution in [-0.4, -0.2) is 70.1 Å². The molecule has 0 bridgehead atoms. The summed E-state index contributed by atoms with van der Waals surface area (Å²) in [7, 11) is 0. The second-order valence-electron chi connectivity index (χ2n) is 12.9. The Morgan fingerprint density at radius 2 is 1.64 bits per heavy atom. The van der Waals surface area contributed by atoms with Crippen LogP contribution in [0.25, 0.3) is 0 Å². The molecule has 4 fully saturated rings. The van der Waals surface area contributed by atoms with Crippen LogP contribution < -0.4 is 0 Å². The summed E-state index contributed by atoms with van der Waals surface area (Å²) < 4.78 is 0. The molecule has 208 valence electrons. The Bertz CT molecular complexity index is 1180. The summed E-state index contributed by atoms with van der Waals surface area (Å²) >= 11 is 0. The fourth-order valence-corrected chi connectivity index (χ4v) is 8.16. The van der Waals surface area contributed by atoms with Gasteiger partial charge in [-0.25, -0.2) is 4.79 Å². The molecule has 1 N–H and O–H groups in total. The standard InChI is InChI=1S/C33H43N3O3/c1-23(2)28-10-6-7-11-29(28)30-21-35(26-13-12-25(18-26)24-8-4-3-5-9-24)22-31(37)36(30)27-19-33(20-27)14-16-34(17-15-33)32(38)39/h3-11,23,25-27,30H,12-22H2,1-2H3,(H,38,39). The zero-order chi connectivity index (χ0) is 27.1. The van der Waals surface area contributed by atoms with Crippen LogP contribution in [0.5, 0.6) is 0 Å². The van der Waals surface area contributed by atoms with Gasteiger partial charge < -0.3 is 14.9 Å². The Kier molecular flexibility index (Phi) is 7.17. The summed E-state index contributed by atoms with van der Waals surface area (Å²) in [6.07, 6.45) is 6.51. The molecule has 39 heavy (non-hydrogen) atoms. The molecule has 6 nitrogen and oxygen atoms in total. The molecule has 2 heterocycles. The Morgan fingerprint density at radius 3 is 2.33 bits per heavy atom. The molecule has 2 aliphatic carbocycles. The number of benzene rings is 2. The highest BCUT2D eigenvalue weighted by atomic mass is 16.4. The van der Waals surface area contributed by atoms with Crippen LogP contribution in [0.15, 0.2) is 54.6 Å². The molecule has 3 atom stereocenters. The average Bonchev–Trinajstić information content (AvgIpc) is 3.42. The summed E-state index contributed by atoms with van der Waals surface area (Å²) in [5.41, 5.74) is 4.29. The maximum Gasteiger partial charge on any atom is 0.407 e. The van der Waals surface area contributed by atoms with Crippen LogP contribution >= 0.6 is 0 Å². The van der Waals surface area contributed by atoms with E-state index in [1.165, 1.54) is 23.1 Å². The molecular weight excluding hydrogens is 486 g/mol. The Hall–Kier alpha value is -2.86. The third-order valence-electron chi connectivity index (χ3n) is 10.4. The largest absolute Gasteiger partial charge is 0.465 e. The number of likely N-dealkylation sites (tertiary alicyclic amines) is 1. The molecule has 2 amide bonds. The fraction of sp³-hybridized carbons (Fsp3) is 0.576. The number of carbonyl (C=O) groups is 2. The molecular formula is C33H43N3O3. The first-order chi connectivity index (χ1) is 18.8. The van der Waals surface area contributed by atoms with Gasteiger partial charge in [0.05, 0.1) is 12.6 Å². The van der Waals surface area contributed by atoms with Crippen LogP contribution in [-0.2, 0) is 4.79 Å². The van der Waals surface area contributed by atoms with Crippen LogP contribution in [0.2, 0.25) is 0 Å². The minimum atomic E-state index is -0.807. The van der Waals surface area contributed by atoms with Gasteiger partial charge in [0.2, 0.25) is 5.91 Å². The van der Waals surface area contributed by atoms with Crippen LogP contribution in [0.1, 0.15) is 93.4 Å². The minimum Gasteiger partial charge on any atom is -0.465 e. The van der Waals surface area contributed by atoms with Crippen molar-refractivity contribution in [2.24, 2.45) is 5.41 Å². The van der Waals surface area contributed by atoms with E-state index < -0.39 is 6.09 Å². The van der Waals surface area contributed by atoms with Crippen molar-refractivity contribution in [1.29, 1.82) is 0 Å². The van der Waals surface area contributed by atoms with E-state index in [0.29, 0.717) is 37.5 Å². The van der Waals surface area contributed by atoms with Crippen molar-refractivity contribution in [2.45, 2.75) is 88.8 Å². The van der Waals surface area contributed by atoms with Crippen molar-refractivity contribution >= 4 is 12.0 Å². The van der Waals surface area contributed by atoms with Crippen LogP contribution in [0.3, 0.4) is 0 Å². The van der Waals surface area contributed by atoms with E-state index in [0.717, 1.165) is 45.1 Å². The Morgan fingerprint density at radius 1 is 0.949 bits per heavy atom. The molecule has 2 aliphatic heterocycles. The van der Waals surface area contributed by atoms with Crippen molar-refractivity contribution in [2.75, 3.05) is 26.2 Å². The van der Waals surface area contributed by atoms with Crippen LogP contribution in [0, 0.1) is 5.41 Å². The maximum absolute atomic E-state index is 14.0. The smallest absolute Gasteiger partial charge is 0.407 e. The summed E-state index contributed by atoms with van der Waals surface area (Å²) in [6, 6.07) is 20.4. The highest BCUT2D eigenvalue weighted by molar-refractivity contribution is 5.80. The normalized spacial score (nSPS) is 27.8. The summed E-state index contributed by atoms with van der Waals surface area (Å²) in [5.74, 6) is 1.25. The topological polar surface area (TPSA) is 64.1 Å². The third kappa shape index (κ3) is 5.08. The van der Waals surface area contributed by atoms with Crippen LogP contribution in [0.4, 0.5) is 4.79 Å². The summed E-state index contributed by atoms with van der Waals surface area (Å²) in [4.78, 5) is 31.8. The first-order valence-corrected chi connectivity index (χ1v) is 15.0. The Labute approximate surface area is 233 Å². The van der Waals surface area contributed by atoms with Gasteiger partial charge in [0.1, 0.15) is 0 Å². The van der Waals surface area contributed by atoms with Crippen molar-refractivity contribution in [3.05, 3.63) is 71.3 Å². The van der Waals surface area contributed by atoms with Crippen molar-refractivity contribution in [1.82, 2.24) is 14.7 Å². The molecule has 6 rings (SSSR count). The van der Waals surface area contributed by atoms with Gasteiger partial charge in [-0.1, -0.05) is 68.4 Å². The van der Waals surface area contributed by atoms with Gasteiger partial charge in [0.25, 0.3) is 0 Å². The second kappa shape index (κ2) is 10.6. The fourth-order valence-electron chi connectivity index (χ4n) is 8.16.